The number of hydrogen-bond donors (Lipinski definition) is 1. The van der Waals surface area contributed by atoms with Gasteiger partial charge >= 0.3 is 0 Å². The standard InChI is InChI=1S/C14H22N2O2S/c17-12-8-4-3-7-11(12)14-15-13(16-18-14)9-19-10-5-1-2-6-10/h10-12,17H,1-9H2. The van der Waals surface area contributed by atoms with Gasteiger partial charge in [0.2, 0.25) is 5.89 Å². The molecule has 2 aliphatic rings. The maximum absolute atomic E-state index is 10.0. The highest BCUT2D eigenvalue weighted by Gasteiger charge is 2.29. The average Bonchev–Trinajstić information content (AvgIpc) is 3.08. The van der Waals surface area contributed by atoms with E-state index in [9.17, 15) is 5.11 Å². The van der Waals surface area contributed by atoms with Gasteiger partial charge in [0.05, 0.1) is 17.8 Å². The highest BCUT2D eigenvalue weighted by atomic mass is 32.2. The van der Waals surface area contributed by atoms with Gasteiger partial charge in [-0.2, -0.15) is 16.7 Å². The molecule has 2 unspecified atom stereocenters. The molecule has 0 radical (unpaired) electrons. The molecule has 0 saturated heterocycles. The molecule has 19 heavy (non-hydrogen) atoms. The minimum Gasteiger partial charge on any atom is -0.392 e. The maximum atomic E-state index is 10.0. The monoisotopic (exact) mass is 282 g/mol. The Morgan fingerprint density at radius 1 is 1.11 bits per heavy atom. The third-order valence-corrected chi connectivity index (χ3v) is 5.65. The van der Waals surface area contributed by atoms with E-state index in [1.165, 1.54) is 25.7 Å². The summed E-state index contributed by atoms with van der Waals surface area (Å²) in [6.07, 6.45) is 9.18. The molecule has 0 bridgehead atoms. The van der Waals surface area contributed by atoms with Crippen molar-refractivity contribution in [3.8, 4) is 0 Å². The smallest absolute Gasteiger partial charge is 0.232 e. The van der Waals surface area contributed by atoms with Crippen LogP contribution in [-0.4, -0.2) is 26.6 Å². The Bertz CT molecular complexity index is 404. The van der Waals surface area contributed by atoms with Gasteiger partial charge in [-0.25, -0.2) is 0 Å². The molecule has 2 saturated carbocycles. The Hall–Kier alpha value is -0.550. The zero-order valence-corrected chi connectivity index (χ0v) is 12.1. The molecule has 0 amide bonds. The fraction of sp³-hybridized carbons (Fsp3) is 0.857. The summed E-state index contributed by atoms with van der Waals surface area (Å²) in [6, 6.07) is 0. The quantitative estimate of drug-likeness (QED) is 0.918. The number of aromatic nitrogens is 2. The van der Waals surface area contributed by atoms with Crippen molar-refractivity contribution in [2.45, 2.75) is 74.4 Å². The van der Waals surface area contributed by atoms with E-state index < -0.39 is 0 Å². The first-order valence-corrected chi connectivity index (χ1v) is 8.50. The van der Waals surface area contributed by atoms with E-state index in [4.69, 9.17) is 4.52 Å². The van der Waals surface area contributed by atoms with Crippen LogP contribution in [0.4, 0.5) is 0 Å². The molecule has 0 aromatic carbocycles. The highest BCUT2D eigenvalue weighted by molar-refractivity contribution is 7.99. The lowest BCUT2D eigenvalue weighted by Gasteiger charge is -2.24. The van der Waals surface area contributed by atoms with E-state index in [2.05, 4.69) is 10.1 Å². The van der Waals surface area contributed by atoms with Crippen LogP contribution in [0.3, 0.4) is 0 Å². The second-order valence-electron chi connectivity index (χ2n) is 5.72. The van der Waals surface area contributed by atoms with E-state index in [0.29, 0.717) is 5.89 Å². The van der Waals surface area contributed by atoms with E-state index in [-0.39, 0.29) is 12.0 Å². The van der Waals surface area contributed by atoms with E-state index in [0.717, 1.165) is 42.5 Å². The van der Waals surface area contributed by atoms with Gasteiger partial charge in [0.1, 0.15) is 0 Å². The van der Waals surface area contributed by atoms with Crippen molar-refractivity contribution >= 4 is 11.8 Å². The molecular formula is C14H22N2O2S. The number of rotatable bonds is 4. The molecule has 2 atom stereocenters. The van der Waals surface area contributed by atoms with Crippen LogP contribution in [0.15, 0.2) is 4.52 Å². The first-order valence-electron chi connectivity index (χ1n) is 7.45. The fourth-order valence-corrected chi connectivity index (χ4v) is 4.29. The number of hydrogen-bond acceptors (Lipinski definition) is 5. The molecule has 5 heteroatoms. The predicted octanol–water partition coefficient (Wildman–Crippen LogP) is 3.26. The molecular weight excluding hydrogens is 260 g/mol. The summed E-state index contributed by atoms with van der Waals surface area (Å²) in [6.45, 7) is 0. The van der Waals surface area contributed by atoms with Gasteiger partial charge < -0.3 is 9.63 Å². The minimum absolute atomic E-state index is 0.0616. The van der Waals surface area contributed by atoms with E-state index >= 15 is 0 Å². The van der Waals surface area contributed by atoms with Gasteiger partial charge in [0.25, 0.3) is 0 Å². The topological polar surface area (TPSA) is 59.2 Å². The van der Waals surface area contributed by atoms with Crippen LogP contribution in [0.5, 0.6) is 0 Å². The molecule has 3 rings (SSSR count). The van der Waals surface area contributed by atoms with Crippen LogP contribution in [-0.2, 0) is 5.75 Å². The Labute approximate surface area is 118 Å². The first-order chi connectivity index (χ1) is 9.33. The molecule has 0 spiro atoms. The first kappa shape index (κ1) is 13.4. The van der Waals surface area contributed by atoms with Crippen LogP contribution < -0.4 is 0 Å². The van der Waals surface area contributed by atoms with Crippen LogP contribution >= 0.6 is 11.8 Å². The third-order valence-electron chi connectivity index (χ3n) is 4.28. The minimum atomic E-state index is -0.301. The second-order valence-corrected chi connectivity index (χ2v) is 7.01. The molecule has 4 nitrogen and oxygen atoms in total. The summed E-state index contributed by atoms with van der Waals surface area (Å²) < 4.78 is 5.36. The number of aliphatic hydroxyl groups is 1. The van der Waals surface area contributed by atoms with E-state index in [1.54, 1.807) is 0 Å². The summed E-state index contributed by atoms with van der Waals surface area (Å²) in [5.41, 5.74) is 0. The molecule has 1 heterocycles. The SMILES string of the molecule is OC1CCCCC1c1nc(CSC2CCCC2)no1. The third kappa shape index (κ3) is 3.31. The lowest BCUT2D eigenvalue weighted by Crippen LogP contribution is -2.22. The number of thioether (sulfide) groups is 1. The number of nitrogens with zero attached hydrogens (tertiary/aromatic N) is 2. The summed E-state index contributed by atoms with van der Waals surface area (Å²) in [7, 11) is 0. The number of aliphatic hydroxyl groups excluding tert-OH is 1. The Balaban J connectivity index is 1.56. The fourth-order valence-electron chi connectivity index (χ4n) is 3.12. The molecule has 106 valence electrons. The molecule has 0 aliphatic heterocycles. The van der Waals surface area contributed by atoms with Gasteiger partial charge in [-0.1, -0.05) is 30.8 Å². The van der Waals surface area contributed by atoms with Gasteiger partial charge in [-0.3, -0.25) is 0 Å². The van der Waals surface area contributed by atoms with Crippen molar-refractivity contribution < 1.29 is 9.63 Å². The van der Waals surface area contributed by atoms with Gasteiger partial charge in [0, 0.05) is 5.25 Å². The highest BCUT2D eigenvalue weighted by Crippen LogP contribution is 2.34. The van der Waals surface area contributed by atoms with Crippen molar-refractivity contribution in [1.82, 2.24) is 10.1 Å². The normalized spacial score (nSPS) is 28.9. The van der Waals surface area contributed by atoms with Crippen LogP contribution in [0, 0.1) is 0 Å². The largest absolute Gasteiger partial charge is 0.392 e. The Morgan fingerprint density at radius 2 is 1.84 bits per heavy atom. The zero-order valence-electron chi connectivity index (χ0n) is 11.3. The maximum Gasteiger partial charge on any atom is 0.232 e. The molecule has 1 N–H and O–H groups in total. The second kappa shape index (κ2) is 6.27. The lowest BCUT2D eigenvalue weighted by molar-refractivity contribution is 0.0908. The van der Waals surface area contributed by atoms with Crippen molar-refractivity contribution in [2.75, 3.05) is 0 Å². The van der Waals surface area contributed by atoms with Crippen LogP contribution in [0.25, 0.3) is 0 Å². The van der Waals surface area contributed by atoms with Gasteiger partial charge in [-0.15, -0.1) is 0 Å². The lowest BCUT2D eigenvalue weighted by atomic mass is 9.86. The summed E-state index contributed by atoms with van der Waals surface area (Å²) in [5.74, 6) is 2.35. The molecule has 1 aromatic rings. The molecule has 2 aliphatic carbocycles. The van der Waals surface area contributed by atoms with Crippen LogP contribution in [0.2, 0.25) is 0 Å². The van der Waals surface area contributed by atoms with Crippen LogP contribution in [0.1, 0.15) is 69.0 Å². The summed E-state index contributed by atoms with van der Waals surface area (Å²) in [4.78, 5) is 4.49. The van der Waals surface area contributed by atoms with Crippen molar-refractivity contribution in [2.24, 2.45) is 0 Å². The Morgan fingerprint density at radius 3 is 2.63 bits per heavy atom. The Kier molecular flexibility index (Phi) is 4.43. The van der Waals surface area contributed by atoms with Crippen molar-refractivity contribution in [3.63, 3.8) is 0 Å². The molecule has 1 aromatic heterocycles. The predicted molar refractivity (Wildman–Crippen MR) is 75.1 cm³/mol. The summed E-state index contributed by atoms with van der Waals surface area (Å²) >= 11 is 1.95. The zero-order chi connectivity index (χ0) is 13.1. The average molecular weight is 282 g/mol. The van der Waals surface area contributed by atoms with Gasteiger partial charge in [0.15, 0.2) is 5.82 Å². The van der Waals surface area contributed by atoms with E-state index in [1.807, 2.05) is 11.8 Å². The van der Waals surface area contributed by atoms with Crippen molar-refractivity contribution in [1.29, 1.82) is 0 Å². The van der Waals surface area contributed by atoms with Crippen molar-refractivity contribution in [3.05, 3.63) is 11.7 Å². The molecule has 2 fully saturated rings. The van der Waals surface area contributed by atoms with Gasteiger partial charge in [-0.05, 0) is 25.7 Å². The summed E-state index contributed by atoms with van der Waals surface area (Å²) in [5, 5.41) is 14.8.